The van der Waals surface area contributed by atoms with Crippen molar-refractivity contribution in [3.63, 3.8) is 0 Å². The van der Waals surface area contributed by atoms with Crippen LogP contribution in [0.1, 0.15) is 23.3 Å². The third-order valence-electron chi connectivity index (χ3n) is 3.53. The number of pyridine rings is 1. The Labute approximate surface area is 122 Å². The van der Waals surface area contributed by atoms with E-state index in [1.807, 2.05) is 6.07 Å². The summed E-state index contributed by atoms with van der Waals surface area (Å²) >= 11 is 0. The zero-order valence-electron chi connectivity index (χ0n) is 11.6. The minimum atomic E-state index is -0.383. The second kappa shape index (κ2) is 5.91. The molecule has 0 aliphatic carbocycles. The van der Waals surface area contributed by atoms with E-state index < -0.39 is 0 Å². The summed E-state index contributed by atoms with van der Waals surface area (Å²) in [6, 6.07) is 9.50. The Balaban J connectivity index is 1.76. The van der Waals surface area contributed by atoms with Crippen molar-refractivity contribution >= 4 is 17.3 Å². The quantitative estimate of drug-likeness (QED) is 0.942. The molecule has 4 nitrogen and oxygen atoms in total. The molecular formula is C16H16FN3O. The van der Waals surface area contributed by atoms with Gasteiger partial charge in [-0.1, -0.05) is 6.07 Å². The van der Waals surface area contributed by atoms with Crippen molar-refractivity contribution in [3.05, 3.63) is 54.1 Å². The van der Waals surface area contributed by atoms with Crippen LogP contribution in [0.25, 0.3) is 0 Å². The van der Waals surface area contributed by atoms with Crippen LogP contribution in [0, 0.1) is 5.82 Å². The van der Waals surface area contributed by atoms with Gasteiger partial charge in [-0.2, -0.15) is 0 Å². The number of aromatic nitrogens is 1. The van der Waals surface area contributed by atoms with Gasteiger partial charge in [-0.15, -0.1) is 0 Å². The molecule has 1 amide bonds. The summed E-state index contributed by atoms with van der Waals surface area (Å²) in [7, 11) is 0. The van der Waals surface area contributed by atoms with E-state index in [1.54, 1.807) is 24.4 Å². The maximum atomic E-state index is 13.1. The van der Waals surface area contributed by atoms with Crippen LogP contribution in [-0.2, 0) is 0 Å². The first-order chi connectivity index (χ1) is 10.2. The molecule has 1 aliphatic heterocycles. The highest BCUT2D eigenvalue weighted by Gasteiger charge is 2.15. The van der Waals surface area contributed by atoms with Gasteiger partial charge in [0.15, 0.2) is 0 Å². The van der Waals surface area contributed by atoms with E-state index in [2.05, 4.69) is 15.2 Å². The standard InChI is InChI=1S/C16H16FN3O/c17-12-4-3-5-13(10-12)19-16(21)15-11-14(6-7-18-15)20-8-1-2-9-20/h3-7,10-11H,1-2,8-9H2,(H,19,21). The van der Waals surface area contributed by atoms with Gasteiger partial charge in [0, 0.05) is 30.7 Å². The summed E-state index contributed by atoms with van der Waals surface area (Å²) in [6.07, 6.45) is 3.98. The van der Waals surface area contributed by atoms with Gasteiger partial charge in [0.1, 0.15) is 11.5 Å². The van der Waals surface area contributed by atoms with Crippen molar-refractivity contribution < 1.29 is 9.18 Å². The smallest absolute Gasteiger partial charge is 0.274 e. The van der Waals surface area contributed by atoms with Crippen LogP contribution >= 0.6 is 0 Å². The highest BCUT2D eigenvalue weighted by molar-refractivity contribution is 6.03. The second-order valence-electron chi connectivity index (χ2n) is 5.06. The van der Waals surface area contributed by atoms with Crippen LogP contribution < -0.4 is 10.2 Å². The number of halogens is 1. The Bertz CT molecular complexity index is 653. The zero-order valence-corrected chi connectivity index (χ0v) is 11.6. The molecule has 1 aromatic heterocycles. The maximum Gasteiger partial charge on any atom is 0.274 e. The molecule has 1 aromatic carbocycles. The van der Waals surface area contributed by atoms with Crippen molar-refractivity contribution in [2.24, 2.45) is 0 Å². The predicted octanol–water partition coefficient (Wildman–Crippen LogP) is 3.07. The fourth-order valence-electron chi connectivity index (χ4n) is 2.48. The van der Waals surface area contributed by atoms with Crippen LogP contribution in [0.15, 0.2) is 42.6 Å². The topological polar surface area (TPSA) is 45.2 Å². The fourth-order valence-corrected chi connectivity index (χ4v) is 2.48. The highest BCUT2D eigenvalue weighted by atomic mass is 19.1. The third kappa shape index (κ3) is 3.18. The Kier molecular flexibility index (Phi) is 3.81. The molecule has 0 radical (unpaired) electrons. The van der Waals surface area contributed by atoms with Crippen LogP contribution in [0.2, 0.25) is 0 Å². The van der Waals surface area contributed by atoms with Gasteiger partial charge in [-0.3, -0.25) is 9.78 Å². The van der Waals surface area contributed by atoms with Gasteiger partial charge in [-0.05, 0) is 43.2 Å². The predicted molar refractivity (Wildman–Crippen MR) is 80.0 cm³/mol. The summed E-state index contributed by atoms with van der Waals surface area (Å²) in [5.41, 5.74) is 1.77. The number of nitrogens with zero attached hydrogens (tertiary/aromatic N) is 2. The number of anilines is 2. The van der Waals surface area contributed by atoms with Gasteiger partial charge in [0.2, 0.25) is 0 Å². The second-order valence-corrected chi connectivity index (χ2v) is 5.06. The van der Waals surface area contributed by atoms with Gasteiger partial charge < -0.3 is 10.2 Å². The Morgan fingerprint density at radius 1 is 1.19 bits per heavy atom. The van der Waals surface area contributed by atoms with E-state index in [0.29, 0.717) is 11.4 Å². The van der Waals surface area contributed by atoms with Gasteiger partial charge in [-0.25, -0.2) is 4.39 Å². The van der Waals surface area contributed by atoms with Crippen LogP contribution in [-0.4, -0.2) is 24.0 Å². The summed E-state index contributed by atoms with van der Waals surface area (Å²) in [6.45, 7) is 2.02. The van der Waals surface area contributed by atoms with Crippen molar-refractivity contribution in [2.45, 2.75) is 12.8 Å². The minimum absolute atomic E-state index is 0.332. The summed E-state index contributed by atoms with van der Waals surface area (Å²) in [4.78, 5) is 18.5. The zero-order chi connectivity index (χ0) is 14.7. The lowest BCUT2D eigenvalue weighted by Gasteiger charge is -2.17. The van der Waals surface area contributed by atoms with Crippen LogP contribution in [0.5, 0.6) is 0 Å². The third-order valence-corrected chi connectivity index (χ3v) is 3.53. The Morgan fingerprint density at radius 3 is 2.76 bits per heavy atom. The molecule has 0 bridgehead atoms. The van der Waals surface area contributed by atoms with E-state index in [4.69, 9.17) is 0 Å². The molecule has 1 saturated heterocycles. The van der Waals surface area contributed by atoms with Crippen molar-refractivity contribution in [1.82, 2.24) is 4.98 Å². The van der Waals surface area contributed by atoms with Crippen LogP contribution in [0.4, 0.5) is 15.8 Å². The van der Waals surface area contributed by atoms with Crippen molar-refractivity contribution in [3.8, 4) is 0 Å². The molecule has 2 heterocycles. The first kappa shape index (κ1) is 13.5. The number of rotatable bonds is 3. The number of amides is 1. The largest absolute Gasteiger partial charge is 0.371 e. The molecule has 108 valence electrons. The molecule has 1 N–H and O–H groups in total. The number of nitrogens with one attached hydrogen (secondary N) is 1. The van der Waals surface area contributed by atoms with E-state index in [9.17, 15) is 9.18 Å². The number of carbonyl (C=O) groups is 1. The molecule has 1 aliphatic rings. The molecule has 5 heteroatoms. The van der Waals surface area contributed by atoms with E-state index in [1.165, 1.54) is 25.0 Å². The molecule has 0 spiro atoms. The Hall–Kier alpha value is -2.43. The molecule has 0 atom stereocenters. The van der Waals surface area contributed by atoms with E-state index in [-0.39, 0.29) is 11.7 Å². The Morgan fingerprint density at radius 2 is 2.00 bits per heavy atom. The first-order valence-electron chi connectivity index (χ1n) is 7.00. The van der Waals surface area contributed by atoms with Crippen molar-refractivity contribution in [2.75, 3.05) is 23.3 Å². The monoisotopic (exact) mass is 285 g/mol. The molecule has 0 unspecified atom stereocenters. The summed E-state index contributed by atoms with van der Waals surface area (Å²) < 4.78 is 13.1. The fraction of sp³-hybridized carbons (Fsp3) is 0.250. The molecule has 0 saturated carbocycles. The van der Waals surface area contributed by atoms with Crippen molar-refractivity contribution in [1.29, 1.82) is 0 Å². The molecular weight excluding hydrogens is 269 g/mol. The average Bonchev–Trinajstić information content (AvgIpc) is 3.02. The van der Waals surface area contributed by atoms with E-state index >= 15 is 0 Å². The SMILES string of the molecule is O=C(Nc1cccc(F)c1)c1cc(N2CCCC2)ccn1. The number of hydrogen-bond donors (Lipinski definition) is 1. The first-order valence-corrected chi connectivity index (χ1v) is 7.00. The molecule has 1 fully saturated rings. The lowest BCUT2D eigenvalue weighted by molar-refractivity contribution is 0.102. The van der Waals surface area contributed by atoms with Gasteiger partial charge >= 0.3 is 0 Å². The molecule has 2 aromatic rings. The summed E-state index contributed by atoms with van der Waals surface area (Å²) in [5, 5.41) is 2.66. The number of benzene rings is 1. The molecule has 3 rings (SSSR count). The average molecular weight is 285 g/mol. The normalized spacial score (nSPS) is 14.2. The van der Waals surface area contributed by atoms with Gasteiger partial charge in [0.25, 0.3) is 5.91 Å². The highest BCUT2D eigenvalue weighted by Crippen LogP contribution is 2.20. The lowest BCUT2D eigenvalue weighted by atomic mass is 10.2. The summed E-state index contributed by atoms with van der Waals surface area (Å²) in [5.74, 6) is -0.715. The van der Waals surface area contributed by atoms with Gasteiger partial charge in [0.05, 0.1) is 0 Å². The molecule has 21 heavy (non-hydrogen) atoms. The van der Waals surface area contributed by atoms with Crippen LogP contribution in [0.3, 0.4) is 0 Å². The van der Waals surface area contributed by atoms with E-state index in [0.717, 1.165) is 18.8 Å². The lowest BCUT2D eigenvalue weighted by Crippen LogP contribution is -2.19. The number of hydrogen-bond acceptors (Lipinski definition) is 3. The maximum absolute atomic E-state index is 13.1. The number of carbonyl (C=O) groups excluding carboxylic acids is 1. The minimum Gasteiger partial charge on any atom is -0.371 e.